The number of rotatable bonds is 6. The number of nitrogens with zero attached hydrogens (tertiary/aromatic N) is 5. The standard InChI is InChI=1S/C21H17FN6O2/c1-14-10-15(7-8-19(14)28-13-25-26-27-28)20(29)24-12-16-4-3-9-23-21(16)30-18-6-2-5-17(22)11-18/h2-11,13H,12H2,1H3,(H,24,29). The molecule has 9 heteroatoms. The number of hydrogen-bond donors (Lipinski definition) is 1. The summed E-state index contributed by atoms with van der Waals surface area (Å²) >= 11 is 0. The Morgan fingerprint density at radius 2 is 2.07 bits per heavy atom. The molecule has 1 N–H and O–H groups in total. The molecule has 0 saturated heterocycles. The van der Waals surface area contributed by atoms with E-state index < -0.39 is 5.82 Å². The predicted molar refractivity (Wildman–Crippen MR) is 106 cm³/mol. The van der Waals surface area contributed by atoms with Crippen molar-refractivity contribution in [3.05, 3.63) is 89.6 Å². The quantitative estimate of drug-likeness (QED) is 0.530. The van der Waals surface area contributed by atoms with Crippen LogP contribution in [-0.4, -0.2) is 31.1 Å². The zero-order valence-electron chi connectivity index (χ0n) is 16.0. The van der Waals surface area contributed by atoms with Crippen LogP contribution in [-0.2, 0) is 6.54 Å². The normalized spacial score (nSPS) is 10.6. The van der Waals surface area contributed by atoms with Gasteiger partial charge in [0.05, 0.1) is 5.69 Å². The maximum absolute atomic E-state index is 13.4. The Balaban J connectivity index is 1.46. The zero-order valence-corrected chi connectivity index (χ0v) is 16.0. The van der Waals surface area contributed by atoms with Gasteiger partial charge in [0.25, 0.3) is 5.91 Å². The third-order valence-corrected chi connectivity index (χ3v) is 4.35. The summed E-state index contributed by atoms with van der Waals surface area (Å²) in [6, 6.07) is 14.6. The van der Waals surface area contributed by atoms with Gasteiger partial charge in [-0.2, -0.15) is 0 Å². The number of pyridine rings is 1. The average molecular weight is 404 g/mol. The minimum atomic E-state index is -0.404. The third-order valence-electron chi connectivity index (χ3n) is 4.35. The fourth-order valence-corrected chi connectivity index (χ4v) is 2.90. The number of hydrogen-bond acceptors (Lipinski definition) is 6. The first-order valence-electron chi connectivity index (χ1n) is 9.10. The van der Waals surface area contributed by atoms with Gasteiger partial charge in [0.2, 0.25) is 5.88 Å². The van der Waals surface area contributed by atoms with Gasteiger partial charge in [0, 0.05) is 29.9 Å². The molecule has 0 unspecified atom stereocenters. The smallest absolute Gasteiger partial charge is 0.251 e. The lowest BCUT2D eigenvalue weighted by Crippen LogP contribution is -2.23. The number of carbonyl (C=O) groups excluding carboxylic acids is 1. The van der Waals surface area contributed by atoms with Gasteiger partial charge in [-0.1, -0.05) is 12.1 Å². The zero-order chi connectivity index (χ0) is 20.9. The summed E-state index contributed by atoms with van der Waals surface area (Å²) in [5, 5.41) is 13.9. The maximum atomic E-state index is 13.4. The SMILES string of the molecule is Cc1cc(C(=O)NCc2cccnc2Oc2cccc(F)c2)ccc1-n1cnnn1. The van der Waals surface area contributed by atoms with Crippen molar-refractivity contribution in [2.24, 2.45) is 0 Å². The minimum Gasteiger partial charge on any atom is -0.439 e. The van der Waals surface area contributed by atoms with Crippen molar-refractivity contribution in [2.75, 3.05) is 0 Å². The molecule has 150 valence electrons. The molecule has 0 aliphatic heterocycles. The van der Waals surface area contributed by atoms with Crippen LogP contribution < -0.4 is 10.1 Å². The molecule has 2 aromatic carbocycles. The van der Waals surface area contributed by atoms with Gasteiger partial charge in [0.15, 0.2) is 0 Å². The molecule has 0 fully saturated rings. The Hall–Kier alpha value is -4.14. The van der Waals surface area contributed by atoms with E-state index >= 15 is 0 Å². The van der Waals surface area contributed by atoms with Crippen LogP contribution in [0.3, 0.4) is 0 Å². The van der Waals surface area contributed by atoms with E-state index in [0.29, 0.717) is 22.8 Å². The number of ether oxygens (including phenoxy) is 1. The molecule has 2 aromatic heterocycles. The molecule has 0 atom stereocenters. The number of amides is 1. The molecule has 0 spiro atoms. The summed E-state index contributed by atoms with van der Waals surface area (Å²) in [5.74, 6) is -0.0237. The van der Waals surface area contributed by atoms with Crippen LogP contribution >= 0.6 is 0 Å². The summed E-state index contributed by atoms with van der Waals surface area (Å²) in [7, 11) is 0. The molecule has 4 aromatic rings. The number of aryl methyl sites for hydroxylation is 1. The lowest BCUT2D eigenvalue weighted by atomic mass is 10.1. The van der Waals surface area contributed by atoms with Crippen molar-refractivity contribution in [1.82, 2.24) is 30.5 Å². The summed E-state index contributed by atoms with van der Waals surface area (Å²) < 4.78 is 20.6. The Labute approximate surface area is 171 Å². The highest BCUT2D eigenvalue weighted by atomic mass is 19.1. The van der Waals surface area contributed by atoms with Crippen molar-refractivity contribution in [3.8, 4) is 17.3 Å². The highest BCUT2D eigenvalue weighted by Crippen LogP contribution is 2.23. The van der Waals surface area contributed by atoms with E-state index in [1.54, 1.807) is 48.7 Å². The van der Waals surface area contributed by atoms with Crippen LogP contribution in [0.5, 0.6) is 11.6 Å². The average Bonchev–Trinajstić information content (AvgIpc) is 3.27. The second kappa shape index (κ2) is 8.48. The van der Waals surface area contributed by atoms with E-state index in [-0.39, 0.29) is 12.5 Å². The molecule has 30 heavy (non-hydrogen) atoms. The molecule has 0 aliphatic carbocycles. The third kappa shape index (κ3) is 4.30. The Morgan fingerprint density at radius 1 is 1.17 bits per heavy atom. The van der Waals surface area contributed by atoms with E-state index in [2.05, 4.69) is 25.8 Å². The van der Waals surface area contributed by atoms with Gasteiger partial charge in [-0.25, -0.2) is 14.1 Å². The summed E-state index contributed by atoms with van der Waals surface area (Å²) in [5.41, 5.74) is 2.80. The van der Waals surface area contributed by atoms with Gasteiger partial charge >= 0.3 is 0 Å². The molecule has 2 heterocycles. The summed E-state index contributed by atoms with van der Waals surface area (Å²) in [4.78, 5) is 16.8. The van der Waals surface area contributed by atoms with Gasteiger partial charge in [-0.3, -0.25) is 4.79 Å². The lowest BCUT2D eigenvalue weighted by molar-refractivity contribution is 0.0950. The second-order valence-corrected chi connectivity index (χ2v) is 6.47. The van der Waals surface area contributed by atoms with Gasteiger partial charge in [0.1, 0.15) is 17.9 Å². The van der Waals surface area contributed by atoms with E-state index in [1.165, 1.54) is 23.1 Å². The molecular formula is C21H17FN6O2. The van der Waals surface area contributed by atoms with Gasteiger partial charge < -0.3 is 10.1 Å². The monoisotopic (exact) mass is 404 g/mol. The molecule has 0 bridgehead atoms. The first-order valence-corrected chi connectivity index (χ1v) is 9.10. The van der Waals surface area contributed by atoms with Crippen molar-refractivity contribution >= 4 is 5.91 Å². The molecule has 1 amide bonds. The first kappa shape index (κ1) is 19.2. The first-order chi connectivity index (χ1) is 14.6. The fraction of sp³-hybridized carbons (Fsp3) is 0.0952. The summed E-state index contributed by atoms with van der Waals surface area (Å²) in [6.07, 6.45) is 3.06. The molecule has 0 radical (unpaired) electrons. The van der Waals surface area contributed by atoms with Crippen LogP contribution in [0, 0.1) is 12.7 Å². The van der Waals surface area contributed by atoms with Crippen LogP contribution in [0.25, 0.3) is 5.69 Å². The van der Waals surface area contributed by atoms with Crippen LogP contribution in [0.2, 0.25) is 0 Å². The Kier molecular flexibility index (Phi) is 5.42. The highest BCUT2D eigenvalue weighted by Gasteiger charge is 2.12. The maximum Gasteiger partial charge on any atom is 0.251 e. The van der Waals surface area contributed by atoms with Crippen molar-refractivity contribution in [2.45, 2.75) is 13.5 Å². The number of nitrogens with one attached hydrogen (secondary N) is 1. The van der Waals surface area contributed by atoms with E-state index in [9.17, 15) is 9.18 Å². The van der Waals surface area contributed by atoms with Crippen molar-refractivity contribution < 1.29 is 13.9 Å². The molecule has 8 nitrogen and oxygen atoms in total. The lowest BCUT2D eigenvalue weighted by Gasteiger charge is -2.12. The number of benzene rings is 2. The van der Waals surface area contributed by atoms with Gasteiger partial charge in [-0.05, 0) is 59.3 Å². The van der Waals surface area contributed by atoms with E-state index in [4.69, 9.17) is 4.74 Å². The molecular weight excluding hydrogens is 387 g/mol. The number of aromatic nitrogens is 5. The molecule has 0 saturated carbocycles. The van der Waals surface area contributed by atoms with E-state index in [1.807, 2.05) is 6.92 Å². The van der Waals surface area contributed by atoms with Crippen LogP contribution in [0.15, 0.2) is 67.1 Å². The topological polar surface area (TPSA) is 94.8 Å². The fourth-order valence-electron chi connectivity index (χ4n) is 2.90. The Morgan fingerprint density at radius 3 is 2.83 bits per heavy atom. The summed E-state index contributed by atoms with van der Waals surface area (Å²) in [6.45, 7) is 2.07. The molecule has 0 aliphatic rings. The van der Waals surface area contributed by atoms with Crippen LogP contribution in [0.1, 0.15) is 21.5 Å². The van der Waals surface area contributed by atoms with Crippen LogP contribution in [0.4, 0.5) is 4.39 Å². The Bertz CT molecular complexity index is 1180. The largest absolute Gasteiger partial charge is 0.439 e. The second-order valence-electron chi connectivity index (χ2n) is 6.47. The number of carbonyl (C=O) groups is 1. The van der Waals surface area contributed by atoms with E-state index in [0.717, 1.165) is 11.3 Å². The van der Waals surface area contributed by atoms with Crippen molar-refractivity contribution in [1.29, 1.82) is 0 Å². The molecule has 4 rings (SSSR count). The predicted octanol–water partition coefficient (Wildman–Crippen LogP) is 3.23. The van der Waals surface area contributed by atoms with Gasteiger partial charge in [-0.15, -0.1) is 5.10 Å². The minimum absolute atomic E-state index is 0.200. The van der Waals surface area contributed by atoms with Crippen molar-refractivity contribution in [3.63, 3.8) is 0 Å². The number of tetrazole rings is 1. The highest BCUT2D eigenvalue weighted by molar-refractivity contribution is 5.94. The number of halogens is 1.